The molecule has 0 spiro atoms. The number of alkyl halides is 3. The Labute approximate surface area is 268 Å². The molecule has 1 aliphatic rings. The SMILES string of the molecule is O=C(CNC(=O)c1cccc(C(F)(F)F)c1)N[C@H]1CCN(C(=O)c2ccc3n[nH]c(C#Cc4ccccc4-c4ccccc4)c3c2)C1. The van der Waals surface area contributed by atoms with Gasteiger partial charge in [-0.2, -0.15) is 18.3 Å². The molecule has 1 atom stereocenters. The normalized spacial score (nSPS) is 14.4. The summed E-state index contributed by atoms with van der Waals surface area (Å²) < 4.78 is 38.9. The van der Waals surface area contributed by atoms with Gasteiger partial charge in [0, 0.05) is 41.2 Å². The molecule has 1 aromatic heterocycles. The van der Waals surface area contributed by atoms with Gasteiger partial charge in [-0.1, -0.05) is 60.5 Å². The summed E-state index contributed by atoms with van der Waals surface area (Å²) >= 11 is 0. The van der Waals surface area contributed by atoms with Gasteiger partial charge in [-0.05, 0) is 65.9 Å². The average Bonchev–Trinajstić information content (AvgIpc) is 3.73. The number of hydrogen-bond donors (Lipinski definition) is 3. The number of nitrogens with one attached hydrogen (secondary N) is 3. The predicted octanol–water partition coefficient (Wildman–Crippen LogP) is 5.41. The molecular weight excluding hydrogens is 607 g/mol. The molecule has 8 nitrogen and oxygen atoms in total. The minimum absolute atomic E-state index is 0.203. The van der Waals surface area contributed by atoms with E-state index in [1.54, 1.807) is 23.1 Å². The van der Waals surface area contributed by atoms with Crippen LogP contribution in [0.4, 0.5) is 13.2 Å². The van der Waals surface area contributed by atoms with Crippen molar-refractivity contribution in [2.75, 3.05) is 19.6 Å². The minimum atomic E-state index is -4.59. The lowest BCUT2D eigenvalue weighted by atomic mass is 10.00. The number of fused-ring (bicyclic) bond motifs is 1. The lowest BCUT2D eigenvalue weighted by molar-refractivity contribution is -0.137. The van der Waals surface area contributed by atoms with Crippen molar-refractivity contribution >= 4 is 28.6 Å². The molecule has 4 aromatic carbocycles. The molecule has 1 saturated heterocycles. The third-order valence-corrected chi connectivity index (χ3v) is 7.84. The molecule has 1 fully saturated rings. The van der Waals surface area contributed by atoms with E-state index in [2.05, 4.69) is 32.7 Å². The molecule has 3 amide bonds. The zero-order valence-corrected chi connectivity index (χ0v) is 24.9. The number of hydrogen-bond acceptors (Lipinski definition) is 4. The lowest BCUT2D eigenvalue weighted by Crippen LogP contribution is -2.43. The van der Waals surface area contributed by atoms with Gasteiger partial charge in [0.2, 0.25) is 5.91 Å². The molecule has 6 rings (SSSR count). The summed E-state index contributed by atoms with van der Waals surface area (Å²) in [5, 5.41) is 13.1. The number of likely N-dealkylation sites (tertiary alicyclic amines) is 1. The number of nitrogens with zero attached hydrogens (tertiary/aromatic N) is 2. The van der Waals surface area contributed by atoms with E-state index in [-0.39, 0.29) is 24.1 Å². The lowest BCUT2D eigenvalue weighted by Gasteiger charge is -2.17. The highest BCUT2D eigenvalue weighted by molar-refractivity contribution is 5.99. The van der Waals surface area contributed by atoms with Crippen molar-refractivity contribution in [3.63, 3.8) is 0 Å². The van der Waals surface area contributed by atoms with Crippen LogP contribution in [0.3, 0.4) is 0 Å². The van der Waals surface area contributed by atoms with Crippen LogP contribution in [-0.2, 0) is 11.0 Å². The second-order valence-corrected chi connectivity index (χ2v) is 11.1. The van der Waals surface area contributed by atoms with E-state index in [0.717, 1.165) is 34.9 Å². The number of aromatic nitrogens is 2. The Hall–Kier alpha value is -5.89. The largest absolute Gasteiger partial charge is 0.416 e. The zero-order valence-electron chi connectivity index (χ0n) is 24.9. The van der Waals surface area contributed by atoms with E-state index >= 15 is 0 Å². The van der Waals surface area contributed by atoms with E-state index in [4.69, 9.17) is 0 Å². The highest BCUT2D eigenvalue weighted by atomic mass is 19.4. The maximum absolute atomic E-state index is 13.4. The first-order valence-electron chi connectivity index (χ1n) is 14.8. The van der Waals surface area contributed by atoms with Crippen LogP contribution in [-0.4, -0.2) is 58.5 Å². The molecule has 2 heterocycles. The fourth-order valence-corrected chi connectivity index (χ4v) is 5.45. The van der Waals surface area contributed by atoms with Gasteiger partial charge in [-0.3, -0.25) is 19.5 Å². The van der Waals surface area contributed by atoms with Crippen LogP contribution in [0.5, 0.6) is 0 Å². The highest BCUT2D eigenvalue weighted by Gasteiger charge is 2.31. The maximum Gasteiger partial charge on any atom is 0.416 e. The van der Waals surface area contributed by atoms with E-state index in [9.17, 15) is 27.6 Å². The Kier molecular flexibility index (Phi) is 8.75. The second kappa shape index (κ2) is 13.2. The molecule has 0 unspecified atom stereocenters. The topological polar surface area (TPSA) is 107 Å². The van der Waals surface area contributed by atoms with Crippen molar-refractivity contribution in [3.05, 3.63) is 125 Å². The molecule has 0 saturated carbocycles. The van der Waals surface area contributed by atoms with Crippen molar-refractivity contribution < 1.29 is 27.6 Å². The van der Waals surface area contributed by atoms with E-state index in [1.807, 2.05) is 54.6 Å². The van der Waals surface area contributed by atoms with E-state index in [1.165, 1.54) is 6.07 Å². The van der Waals surface area contributed by atoms with Gasteiger partial charge < -0.3 is 15.5 Å². The summed E-state index contributed by atoms with van der Waals surface area (Å²) in [6, 6.07) is 26.7. The Morgan fingerprint density at radius 3 is 2.49 bits per heavy atom. The van der Waals surface area contributed by atoms with Gasteiger partial charge in [-0.25, -0.2) is 0 Å². The highest BCUT2D eigenvalue weighted by Crippen LogP contribution is 2.29. The van der Waals surface area contributed by atoms with Crippen LogP contribution in [0.15, 0.2) is 97.1 Å². The number of aromatic amines is 1. The Bertz CT molecular complexity index is 2030. The molecule has 5 aromatic rings. The third kappa shape index (κ3) is 7.17. The van der Waals surface area contributed by atoms with Crippen molar-refractivity contribution in [2.24, 2.45) is 0 Å². The summed E-state index contributed by atoms with van der Waals surface area (Å²) in [6.07, 6.45) is -4.08. The van der Waals surface area contributed by atoms with Crippen LogP contribution in [0.2, 0.25) is 0 Å². The first kappa shape index (κ1) is 31.1. The number of rotatable bonds is 6. The van der Waals surface area contributed by atoms with Gasteiger partial charge in [-0.15, -0.1) is 0 Å². The number of H-pyrrole nitrogens is 1. The molecule has 0 bridgehead atoms. The first-order chi connectivity index (χ1) is 22.7. The number of amides is 3. The third-order valence-electron chi connectivity index (χ3n) is 7.84. The van der Waals surface area contributed by atoms with Crippen LogP contribution in [0.25, 0.3) is 22.0 Å². The van der Waals surface area contributed by atoms with Gasteiger partial charge in [0.1, 0.15) is 5.69 Å². The van der Waals surface area contributed by atoms with Crippen LogP contribution >= 0.6 is 0 Å². The quantitative estimate of drug-likeness (QED) is 0.217. The van der Waals surface area contributed by atoms with Gasteiger partial charge in [0.25, 0.3) is 11.8 Å². The molecule has 236 valence electrons. The average molecular weight is 636 g/mol. The minimum Gasteiger partial charge on any atom is -0.350 e. The molecule has 47 heavy (non-hydrogen) atoms. The van der Waals surface area contributed by atoms with Crippen molar-refractivity contribution in [3.8, 4) is 23.0 Å². The Balaban J connectivity index is 1.08. The Morgan fingerprint density at radius 1 is 0.894 bits per heavy atom. The van der Waals surface area contributed by atoms with Crippen LogP contribution < -0.4 is 10.6 Å². The standard InChI is InChI=1S/C36H28F3N5O3/c37-36(38,39)27-11-6-10-25(19-27)34(46)40-21-33(45)41-28-17-18-44(22-28)35(47)26-14-16-32-30(20-26)31(42-43-32)15-13-24-9-4-5-12-29(24)23-7-2-1-3-8-23/h1-12,14,16,19-20,28H,17-18,21-22H2,(H,40,46)(H,41,45)(H,42,43)/t28-/m0/s1. The number of halogens is 3. The van der Waals surface area contributed by atoms with Crippen molar-refractivity contribution in [2.45, 2.75) is 18.6 Å². The Morgan fingerprint density at radius 2 is 1.68 bits per heavy atom. The molecule has 1 aliphatic heterocycles. The predicted molar refractivity (Wildman–Crippen MR) is 170 cm³/mol. The molecular formula is C36H28F3N5O3. The number of carbonyl (C=O) groups is 3. The smallest absolute Gasteiger partial charge is 0.350 e. The van der Waals surface area contributed by atoms with Crippen LogP contribution in [0.1, 0.15) is 44.0 Å². The van der Waals surface area contributed by atoms with Crippen molar-refractivity contribution in [1.29, 1.82) is 0 Å². The fourth-order valence-electron chi connectivity index (χ4n) is 5.45. The van der Waals surface area contributed by atoms with Crippen LogP contribution in [0, 0.1) is 11.8 Å². The summed E-state index contributed by atoms with van der Waals surface area (Å²) in [5.74, 6) is 4.90. The van der Waals surface area contributed by atoms with Gasteiger partial charge in [0.15, 0.2) is 0 Å². The van der Waals surface area contributed by atoms with Crippen molar-refractivity contribution in [1.82, 2.24) is 25.7 Å². The van der Waals surface area contributed by atoms with Gasteiger partial charge in [0.05, 0.1) is 17.6 Å². The first-order valence-corrected chi connectivity index (χ1v) is 14.8. The number of benzene rings is 4. The second-order valence-electron chi connectivity index (χ2n) is 11.1. The summed E-state index contributed by atoms with van der Waals surface area (Å²) in [4.78, 5) is 39.9. The monoisotopic (exact) mass is 635 g/mol. The zero-order chi connectivity index (χ0) is 33.0. The van der Waals surface area contributed by atoms with Gasteiger partial charge >= 0.3 is 6.18 Å². The maximum atomic E-state index is 13.4. The fraction of sp³-hybridized carbons (Fsp3) is 0.167. The molecule has 11 heteroatoms. The summed E-state index contributed by atoms with van der Waals surface area (Å²) in [7, 11) is 0. The summed E-state index contributed by atoms with van der Waals surface area (Å²) in [5.41, 5.74) is 3.46. The number of carbonyl (C=O) groups excluding carboxylic acids is 3. The molecule has 0 radical (unpaired) electrons. The van der Waals surface area contributed by atoms with E-state index in [0.29, 0.717) is 35.1 Å². The molecule has 3 N–H and O–H groups in total. The van der Waals surface area contributed by atoms with E-state index < -0.39 is 30.1 Å². The summed E-state index contributed by atoms with van der Waals surface area (Å²) in [6.45, 7) is 0.252. The molecule has 0 aliphatic carbocycles.